The summed E-state index contributed by atoms with van der Waals surface area (Å²) in [5.41, 5.74) is -0.603. The fraction of sp³-hybridized carbons (Fsp3) is 0.300. The van der Waals surface area contributed by atoms with E-state index in [9.17, 15) is 18.5 Å². The Labute approximate surface area is 110 Å². The van der Waals surface area contributed by atoms with Crippen LogP contribution in [0.15, 0.2) is 23.1 Å². The number of rotatable bonds is 5. The van der Waals surface area contributed by atoms with Gasteiger partial charge in [-0.25, -0.2) is 13.6 Å². The highest BCUT2D eigenvalue weighted by Crippen LogP contribution is 2.31. The quantitative estimate of drug-likeness (QED) is 0.605. The van der Waals surface area contributed by atoms with Crippen LogP contribution in [0.3, 0.4) is 0 Å². The molecule has 0 aliphatic rings. The molecule has 1 atom stereocenters. The number of benzene rings is 1. The molecule has 0 aromatic heterocycles. The third-order valence-electron chi connectivity index (χ3n) is 2.31. The summed E-state index contributed by atoms with van der Waals surface area (Å²) in [7, 11) is -4.19. The van der Waals surface area contributed by atoms with Gasteiger partial charge in [-0.15, -0.1) is 0 Å². The van der Waals surface area contributed by atoms with E-state index in [2.05, 4.69) is 5.32 Å². The van der Waals surface area contributed by atoms with Crippen molar-refractivity contribution >= 4 is 21.4 Å². The van der Waals surface area contributed by atoms with E-state index in [1.165, 1.54) is 12.1 Å². The summed E-state index contributed by atoms with van der Waals surface area (Å²) in [5.74, 6) is -0.377. The molecule has 0 aliphatic carbocycles. The van der Waals surface area contributed by atoms with Crippen molar-refractivity contribution < 1.29 is 13.3 Å². The number of sulfonamides is 1. The van der Waals surface area contributed by atoms with E-state index in [0.717, 1.165) is 6.07 Å². The van der Waals surface area contributed by atoms with Crippen LogP contribution in [0.4, 0.5) is 11.4 Å². The molecule has 19 heavy (non-hydrogen) atoms. The fourth-order valence-corrected chi connectivity index (χ4v) is 2.11. The summed E-state index contributed by atoms with van der Waals surface area (Å²) >= 11 is 0. The molecule has 102 valence electrons. The molecule has 0 heterocycles. The van der Waals surface area contributed by atoms with Crippen LogP contribution in [-0.4, -0.2) is 19.9 Å². The Morgan fingerprint density at radius 2 is 2.21 bits per heavy atom. The second-order valence-electron chi connectivity index (χ2n) is 3.87. The summed E-state index contributed by atoms with van der Waals surface area (Å²) < 4.78 is 22.6. The van der Waals surface area contributed by atoms with Crippen LogP contribution in [0, 0.1) is 27.4 Å². The lowest BCUT2D eigenvalue weighted by Crippen LogP contribution is -2.16. The van der Waals surface area contributed by atoms with Crippen molar-refractivity contribution in [1.82, 2.24) is 0 Å². The summed E-state index contributed by atoms with van der Waals surface area (Å²) in [6.45, 7) is 1.79. The van der Waals surface area contributed by atoms with Crippen molar-refractivity contribution in [3.8, 4) is 6.07 Å². The predicted octanol–water partition coefficient (Wildman–Crippen LogP) is 0.814. The SMILES string of the molecule is CC(C#N)CNc1cccc(S(N)(=O)=O)c1[N+](=O)[O-]. The molecule has 0 aliphatic heterocycles. The second-order valence-corrected chi connectivity index (χ2v) is 5.40. The minimum atomic E-state index is -4.19. The Kier molecular flexibility index (Phi) is 4.42. The molecule has 1 aromatic rings. The van der Waals surface area contributed by atoms with E-state index < -0.39 is 25.5 Å². The lowest BCUT2D eigenvalue weighted by Gasteiger charge is -2.09. The Morgan fingerprint density at radius 3 is 2.68 bits per heavy atom. The van der Waals surface area contributed by atoms with E-state index in [1.54, 1.807) is 6.92 Å². The van der Waals surface area contributed by atoms with Crippen LogP contribution in [0.25, 0.3) is 0 Å². The number of nitrogens with two attached hydrogens (primary N) is 1. The molecule has 0 amide bonds. The summed E-state index contributed by atoms with van der Waals surface area (Å²) in [6.07, 6.45) is 0. The van der Waals surface area contributed by atoms with Crippen molar-refractivity contribution in [2.45, 2.75) is 11.8 Å². The number of hydrogen-bond acceptors (Lipinski definition) is 6. The number of hydrogen-bond donors (Lipinski definition) is 2. The van der Waals surface area contributed by atoms with Crippen molar-refractivity contribution in [2.75, 3.05) is 11.9 Å². The zero-order valence-corrected chi connectivity index (χ0v) is 10.8. The van der Waals surface area contributed by atoms with Gasteiger partial charge in [0, 0.05) is 6.54 Å². The molecular weight excluding hydrogens is 272 g/mol. The second kappa shape index (κ2) is 5.64. The minimum absolute atomic E-state index is 0.0126. The fourth-order valence-electron chi connectivity index (χ4n) is 1.39. The highest BCUT2D eigenvalue weighted by Gasteiger charge is 2.26. The minimum Gasteiger partial charge on any atom is -0.378 e. The van der Waals surface area contributed by atoms with E-state index in [-0.39, 0.29) is 18.2 Å². The number of anilines is 1. The highest BCUT2D eigenvalue weighted by atomic mass is 32.2. The Bertz CT molecular complexity index is 635. The van der Waals surface area contributed by atoms with E-state index in [1.807, 2.05) is 6.07 Å². The molecule has 1 rings (SSSR count). The van der Waals surface area contributed by atoms with Gasteiger partial charge in [0.2, 0.25) is 10.0 Å². The zero-order valence-electron chi connectivity index (χ0n) is 10.0. The number of primary sulfonamides is 1. The Hall–Kier alpha value is -2.18. The number of nitro groups is 1. The van der Waals surface area contributed by atoms with Gasteiger partial charge < -0.3 is 5.32 Å². The molecule has 0 saturated carbocycles. The maximum atomic E-state index is 11.3. The molecule has 8 nitrogen and oxygen atoms in total. The Balaban J connectivity index is 3.27. The topological polar surface area (TPSA) is 139 Å². The van der Waals surface area contributed by atoms with Gasteiger partial charge in [0.15, 0.2) is 4.90 Å². The molecule has 3 N–H and O–H groups in total. The number of nitrogens with one attached hydrogen (secondary N) is 1. The maximum absolute atomic E-state index is 11.3. The van der Waals surface area contributed by atoms with Crippen LogP contribution in [0.2, 0.25) is 0 Å². The molecule has 0 bridgehead atoms. The van der Waals surface area contributed by atoms with Gasteiger partial charge >= 0.3 is 5.69 Å². The van der Waals surface area contributed by atoms with Crippen LogP contribution in [-0.2, 0) is 10.0 Å². The lowest BCUT2D eigenvalue weighted by atomic mass is 10.2. The predicted molar refractivity (Wildman–Crippen MR) is 67.7 cm³/mol. The van der Waals surface area contributed by atoms with Crippen LogP contribution < -0.4 is 10.5 Å². The lowest BCUT2D eigenvalue weighted by molar-refractivity contribution is -0.386. The molecule has 0 fully saturated rings. The van der Waals surface area contributed by atoms with E-state index in [4.69, 9.17) is 10.4 Å². The van der Waals surface area contributed by atoms with Gasteiger partial charge in [0.05, 0.1) is 16.9 Å². The molecule has 1 aromatic carbocycles. The van der Waals surface area contributed by atoms with Gasteiger partial charge in [-0.1, -0.05) is 6.07 Å². The van der Waals surface area contributed by atoms with Crippen LogP contribution >= 0.6 is 0 Å². The van der Waals surface area contributed by atoms with Crippen molar-refractivity contribution in [3.05, 3.63) is 28.3 Å². The summed E-state index contributed by atoms with van der Waals surface area (Å²) in [4.78, 5) is 9.60. The molecule has 0 spiro atoms. The van der Waals surface area contributed by atoms with Crippen molar-refractivity contribution in [1.29, 1.82) is 5.26 Å². The zero-order chi connectivity index (χ0) is 14.6. The average molecular weight is 284 g/mol. The average Bonchev–Trinajstić information content (AvgIpc) is 2.34. The number of nitrogens with zero attached hydrogens (tertiary/aromatic N) is 2. The molecular formula is C10H12N4O4S. The first-order valence-corrected chi connectivity index (χ1v) is 6.75. The first kappa shape index (κ1) is 14.9. The Morgan fingerprint density at radius 1 is 1.58 bits per heavy atom. The number of nitriles is 1. The monoisotopic (exact) mass is 284 g/mol. The first-order chi connectivity index (χ1) is 8.77. The largest absolute Gasteiger partial charge is 0.378 e. The van der Waals surface area contributed by atoms with Gasteiger partial charge in [-0.2, -0.15) is 5.26 Å². The van der Waals surface area contributed by atoms with Gasteiger partial charge in [-0.3, -0.25) is 10.1 Å². The standard InChI is InChI=1S/C10H12N4O4S/c1-7(5-11)6-13-8-3-2-4-9(19(12,17)18)10(8)14(15)16/h2-4,7,13H,6H2,1H3,(H2,12,17,18). The van der Waals surface area contributed by atoms with Crippen molar-refractivity contribution in [2.24, 2.45) is 11.1 Å². The van der Waals surface area contributed by atoms with Crippen LogP contribution in [0.5, 0.6) is 0 Å². The van der Waals surface area contributed by atoms with Crippen molar-refractivity contribution in [3.63, 3.8) is 0 Å². The van der Waals surface area contributed by atoms with Crippen LogP contribution in [0.1, 0.15) is 6.92 Å². The number of para-hydroxylation sites is 1. The molecule has 0 saturated heterocycles. The normalized spacial score (nSPS) is 12.5. The third kappa shape index (κ3) is 3.64. The first-order valence-electron chi connectivity index (χ1n) is 5.21. The molecule has 1 unspecified atom stereocenters. The van der Waals surface area contributed by atoms with E-state index in [0.29, 0.717) is 0 Å². The summed E-state index contributed by atoms with van der Waals surface area (Å²) in [5, 5.41) is 27.2. The molecule has 9 heteroatoms. The van der Waals surface area contributed by atoms with E-state index >= 15 is 0 Å². The summed E-state index contributed by atoms with van der Waals surface area (Å²) in [6, 6.07) is 5.71. The van der Waals surface area contributed by atoms with Gasteiger partial charge in [0.25, 0.3) is 0 Å². The van der Waals surface area contributed by atoms with Gasteiger partial charge in [-0.05, 0) is 19.1 Å². The molecule has 0 radical (unpaired) electrons. The highest BCUT2D eigenvalue weighted by molar-refractivity contribution is 7.89. The smallest absolute Gasteiger partial charge is 0.312 e. The third-order valence-corrected chi connectivity index (χ3v) is 3.25. The maximum Gasteiger partial charge on any atom is 0.312 e. The van der Waals surface area contributed by atoms with Gasteiger partial charge in [0.1, 0.15) is 5.69 Å². The number of nitro benzene ring substituents is 1.